The van der Waals surface area contributed by atoms with Gasteiger partial charge in [0.2, 0.25) is 10.3 Å². The first kappa shape index (κ1) is 13.6. The fraction of sp³-hybridized carbons (Fsp3) is 0. The zero-order valence-electron chi connectivity index (χ0n) is 11.8. The first-order chi connectivity index (χ1) is 11.4. The topological polar surface area (TPSA) is 87.2 Å². The molecule has 0 fully saturated rings. The Hall–Kier alpha value is -3.07. The summed E-state index contributed by atoms with van der Waals surface area (Å²) in [6, 6.07) is 19.3. The van der Waals surface area contributed by atoms with Gasteiger partial charge >= 0.3 is 0 Å². The van der Waals surface area contributed by atoms with E-state index in [0.717, 1.165) is 11.4 Å². The summed E-state index contributed by atoms with van der Waals surface area (Å²) in [5.74, 6) is 0. The van der Waals surface area contributed by atoms with E-state index in [0.29, 0.717) is 10.3 Å². The maximum Gasteiger partial charge on any atom is 0.221 e. The molecule has 0 aliphatic carbocycles. The SMILES string of the molecule is c1ccc(-n2nnnc2Sc2nnnn2-c2ccccc2)cc1. The highest BCUT2D eigenvalue weighted by Crippen LogP contribution is 2.26. The number of benzene rings is 2. The van der Waals surface area contributed by atoms with Gasteiger partial charge in [0.1, 0.15) is 0 Å². The molecule has 0 aliphatic rings. The monoisotopic (exact) mass is 322 g/mol. The number of tetrazole rings is 2. The summed E-state index contributed by atoms with van der Waals surface area (Å²) in [4.78, 5) is 0. The predicted octanol–water partition coefficient (Wildman–Crippen LogP) is 1.79. The van der Waals surface area contributed by atoms with Crippen molar-refractivity contribution in [3.8, 4) is 11.4 Å². The minimum Gasteiger partial charge on any atom is -0.187 e. The van der Waals surface area contributed by atoms with E-state index < -0.39 is 0 Å². The summed E-state index contributed by atoms with van der Waals surface area (Å²) in [5.41, 5.74) is 1.75. The van der Waals surface area contributed by atoms with Crippen LogP contribution in [0.1, 0.15) is 0 Å². The Kier molecular flexibility index (Phi) is 3.53. The Balaban J connectivity index is 1.69. The third kappa shape index (κ3) is 2.69. The Morgan fingerprint density at radius 2 is 1.04 bits per heavy atom. The van der Waals surface area contributed by atoms with Gasteiger partial charge in [-0.3, -0.25) is 0 Å². The average Bonchev–Trinajstić information content (AvgIpc) is 3.26. The number of rotatable bonds is 4. The minimum atomic E-state index is 0.586. The van der Waals surface area contributed by atoms with Crippen LogP contribution in [0.25, 0.3) is 11.4 Å². The third-order valence-corrected chi connectivity index (χ3v) is 3.94. The van der Waals surface area contributed by atoms with Crippen LogP contribution >= 0.6 is 11.8 Å². The molecule has 0 saturated carbocycles. The van der Waals surface area contributed by atoms with E-state index in [-0.39, 0.29) is 0 Å². The second kappa shape index (κ2) is 5.97. The largest absolute Gasteiger partial charge is 0.221 e. The smallest absolute Gasteiger partial charge is 0.187 e. The van der Waals surface area contributed by atoms with Crippen LogP contribution < -0.4 is 0 Å². The highest BCUT2D eigenvalue weighted by molar-refractivity contribution is 7.99. The summed E-state index contributed by atoms with van der Waals surface area (Å²) >= 11 is 1.30. The molecule has 0 bridgehead atoms. The van der Waals surface area contributed by atoms with Gasteiger partial charge in [0.25, 0.3) is 0 Å². The molecule has 0 unspecified atom stereocenters. The summed E-state index contributed by atoms with van der Waals surface area (Å²) in [5, 5.41) is 24.8. The number of hydrogen-bond donors (Lipinski definition) is 0. The van der Waals surface area contributed by atoms with Crippen LogP contribution in [0.5, 0.6) is 0 Å². The third-order valence-electron chi connectivity index (χ3n) is 3.07. The maximum atomic E-state index is 4.06. The van der Waals surface area contributed by atoms with Gasteiger partial charge in [-0.15, -0.1) is 10.2 Å². The normalized spacial score (nSPS) is 10.8. The predicted molar refractivity (Wildman–Crippen MR) is 82.4 cm³/mol. The van der Waals surface area contributed by atoms with E-state index in [9.17, 15) is 0 Å². The molecule has 0 radical (unpaired) electrons. The van der Waals surface area contributed by atoms with Gasteiger partial charge < -0.3 is 0 Å². The van der Waals surface area contributed by atoms with E-state index in [4.69, 9.17) is 0 Å². The Bertz CT molecular complexity index is 827. The zero-order valence-corrected chi connectivity index (χ0v) is 12.6. The van der Waals surface area contributed by atoms with Crippen molar-refractivity contribution in [2.75, 3.05) is 0 Å². The first-order valence-corrected chi connectivity index (χ1v) is 7.59. The first-order valence-electron chi connectivity index (χ1n) is 6.77. The van der Waals surface area contributed by atoms with Gasteiger partial charge in [-0.1, -0.05) is 36.4 Å². The second-order valence-electron chi connectivity index (χ2n) is 4.52. The molecule has 0 spiro atoms. The van der Waals surface area contributed by atoms with Crippen LogP contribution in [-0.4, -0.2) is 40.4 Å². The zero-order chi connectivity index (χ0) is 15.5. The van der Waals surface area contributed by atoms with Crippen LogP contribution in [0.15, 0.2) is 71.0 Å². The fourth-order valence-corrected chi connectivity index (χ4v) is 2.80. The number of hydrogen-bond acceptors (Lipinski definition) is 7. The highest BCUT2D eigenvalue weighted by Gasteiger charge is 2.15. The van der Waals surface area contributed by atoms with Gasteiger partial charge in [0.15, 0.2) is 0 Å². The minimum absolute atomic E-state index is 0.586. The lowest BCUT2D eigenvalue weighted by molar-refractivity contribution is 0.742. The summed E-state index contributed by atoms with van der Waals surface area (Å²) < 4.78 is 3.30. The summed E-state index contributed by atoms with van der Waals surface area (Å²) in [6.07, 6.45) is 0. The molecule has 4 aromatic rings. The van der Waals surface area contributed by atoms with E-state index in [2.05, 4.69) is 31.1 Å². The van der Waals surface area contributed by atoms with Crippen molar-refractivity contribution in [1.29, 1.82) is 0 Å². The fourth-order valence-electron chi connectivity index (χ4n) is 2.03. The molecule has 0 saturated heterocycles. The Morgan fingerprint density at radius 3 is 1.48 bits per heavy atom. The van der Waals surface area contributed by atoms with Crippen molar-refractivity contribution >= 4 is 11.8 Å². The molecule has 0 atom stereocenters. The Labute approximate surface area is 135 Å². The quantitative estimate of drug-likeness (QED) is 0.566. The van der Waals surface area contributed by atoms with E-state index in [1.807, 2.05) is 60.7 Å². The van der Waals surface area contributed by atoms with Gasteiger partial charge in [-0.2, -0.15) is 9.36 Å². The molecular weight excluding hydrogens is 312 g/mol. The molecule has 0 aliphatic heterocycles. The van der Waals surface area contributed by atoms with Crippen molar-refractivity contribution in [2.45, 2.75) is 10.3 Å². The number of aromatic nitrogens is 8. The van der Waals surface area contributed by atoms with Crippen LogP contribution in [0.4, 0.5) is 0 Å². The molecule has 2 aromatic heterocycles. The second-order valence-corrected chi connectivity index (χ2v) is 5.45. The van der Waals surface area contributed by atoms with Gasteiger partial charge in [-0.25, -0.2) is 0 Å². The molecular formula is C14H10N8S. The Morgan fingerprint density at radius 1 is 0.609 bits per heavy atom. The molecule has 2 aromatic carbocycles. The van der Waals surface area contributed by atoms with Crippen LogP contribution in [0, 0.1) is 0 Å². The molecule has 8 nitrogen and oxygen atoms in total. The number of nitrogens with zero attached hydrogens (tertiary/aromatic N) is 8. The van der Waals surface area contributed by atoms with Gasteiger partial charge in [0.05, 0.1) is 11.4 Å². The van der Waals surface area contributed by atoms with Crippen molar-refractivity contribution in [3.05, 3.63) is 60.7 Å². The molecule has 23 heavy (non-hydrogen) atoms. The van der Waals surface area contributed by atoms with E-state index in [1.165, 1.54) is 11.8 Å². The summed E-state index contributed by atoms with van der Waals surface area (Å²) in [7, 11) is 0. The number of para-hydroxylation sites is 2. The molecule has 112 valence electrons. The van der Waals surface area contributed by atoms with Crippen LogP contribution in [-0.2, 0) is 0 Å². The van der Waals surface area contributed by atoms with Crippen molar-refractivity contribution in [3.63, 3.8) is 0 Å². The van der Waals surface area contributed by atoms with E-state index >= 15 is 0 Å². The van der Waals surface area contributed by atoms with Gasteiger partial charge in [-0.05, 0) is 56.9 Å². The summed E-state index contributed by atoms with van der Waals surface area (Å²) in [6.45, 7) is 0. The molecule has 0 amide bonds. The molecule has 4 rings (SSSR count). The lowest BCUT2D eigenvalue weighted by Crippen LogP contribution is -2.01. The molecule has 2 heterocycles. The van der Waals surface area contributed by atoms with Crippen molar-refractivity contribution in [1.82, 2.24) is 40.4 Å². The van der Waals surface area contributed by atoms with Crippen LogP contribution in [0.3, 0.4) is 0 Å². The standard InChI is InChI=1S/C14H10N8S/c1-3-7-11(8-4-1)21-13(15-17-19-21)23-14-16-18-20-22(14)12-9-5-2-6-10-12/h1-10H. The molecule has 9 heteroatoms. The maximum absolute atomic E-state index is 4.06. The van der Waals surface area contributed by atoms with Gasteiger partial charge in [0, 0.05) is 0 Å². The highest BCUT2D eigenvalue weighted by atomic mass is 32.2. The lowest BCUT2D eigenvalue weighted by Gasteiger charge is -2.04. The van der Waals surface area contributed by atoms with E-state index in [1.54, 1.807) is 9.36 Å². The van der Waals surface area contributed by atoms with Crippen LogP contribution in [0.2, 0.25) is 0 Å². The molecule has 0 N–H and O–H groups in total. The lowest BCUT2D eigenvalue weighted by atomic mass is 10.3. The average molecular weight is 322 g/mol. The van der Waals surface area contributed by atoms with Crippen molar-refractivity contribution < 1.29 is 0 Å². The van der Waals surface area contributed by atoms with Crippen molar-refractivity contribution in [2.24, 2.45) is 0 Å².